The number of fused-ring (bicyclic) bond motifs is 1. The van der Waals surface area contributed by atoms with Gasteiger partial charge in [0.2, 0.25) is 0 Å². The first-order valence-electron chi connectivity index (χ1n) is 6.02. The maximum Gasteiger partial charge on any atom is 0.163 e. The van der Waals surface area contributed by atoms with E-state index in [-0.39, 0.29) is 0 Å². The molecule has 0 aliphatic rings. The highest BCUT2D eigenvalue weighted by Gasteiger charge is 2.10. The molecule has 0 amide bonds. The molecule has 3 rings (SSSR count). The predicted molar refractivity (Wildman–Crippen MR) is 79.3 cm³/mol. The molecule has 0 spiro atoms. The number of thiophene rings is 1. The van der Waals surface area contributed by atoms with E-state index in [0.29, 0.717) is 11.6 Å². The van der Waals surface area contributed by atoms with Gasteiger partial charge in [-0.1, -0.05) is 0 Å². The molecule has 96 valence electrons. The quantitative estimate of drug-likeness (QED) is 0.737. The average molecular weight is 270 g/mol. The number of nitrogens with zero attached hydrogens (tertiary/aromatic N) is 3. The van der Waals surface area contributed by atoms with Crippen molar-refractivity contribution in [1.29, 1.82) is 0 Å². The second-order valence-electron chi connectivity index (χ2n) is 4.65. The second-order valence-corrected chi connectivity index (χ2v) is 5.88. The van der Waals surface area contributed by atoms with Crippen molar-refractivity contribution in [1.82, 2.24) is 15.0 Å². The topological polar surface area (TPSA) is 64.7 Å². The third-order valence-electron chi connectivity index (χ3n) is 2.89. The zero-order valence-electron chi connectivity index (χ0n) is 11.1. The third kappa shape index (κ3) is 2.17. The Kier molecular flexibility index (Phi) is 2.71. The molecule has 0 saturated heterocycles. The summed E-state index contributed by atoms with van der Waals surface area (Å²) in [5.41, 5.74) is 8.90. The fraction of sp³-hybridized carbons (Fsp3) is 0.214. The minimum Gasteiger partial charge on any atom is -0.383 e. The van der Waals surface area contributed by atoms with Crippen molar-refractivity contribution >= 4 is 27.4 Å². The maximum absolute atomic E-state index is 6.02. The van der Waals surface area contributed by atoms with Crippen LogP contribution in [-0.2, 0) is 0 Å². The van der Waals surface area contributed by atoms with Crippen LogP contribution in [0, 0.1) is 20.8 Å². The Bertz CT molecular complexity index is 756. The monoisotopic (exact) mass is 270 g/mol. The van der Waals surface area contributed by atoms with Gasteiger partial charge in [0.15, 0.2) is 5.82 Å². The molecule has 3 aromatic heterocycles. The van der Waals surface area contributed by atoms with Crippen LogP contribution in [0.3, 0.4) is 0 Å². The molecule has 19 heavy (non-hydrogen) atoms. The summed E-state index contributed by atoms with van der Waals surface area (Å²) >= 11 is 1.64. The van der Waals surface area contributed by atoms with Crippen LogP contribution in [0.5, 0.6) is 0 Å². The van der Waals surface area contributed by atoms with Crippen molar-refractivity contribution in [2.24, 2.45) is 0 Å². The molecule has 2 N–H and O–H groups in total. The van der Waals surface area contributed by atoms with Crippen molar-refractivity contribution < 1.29 is 0 Å². The van der Waals surface area contributed by atoms with Crippen molar-refractivity contribution in [3.63, 3.8) is 0 Å². The first-order chi connectivity index (χ1) is 9.02. The van der Waals surface area contributed by atoms with Crippen molar-refractivity contribution in [3.8, 4) is 11.4 Å². The molecular formula is C14H14N4S. The summed E-state index contributed by atoms with van der Waals surface area (Å²) < 4.78 is 0. The summed E-state index contributed by atoms with van der Waals surface area (Å²) in [6.45, 7) is 5.98. The Labute approximate surface area is 115 Å². The van der Waals surface area contributed by atoms with Crippen LogP contribution in [0.4, 0.5) is 5.82 Å². The summed E-state index contributed by atoms with van der Waals surface area (Å²) in [7, 11) is 0. The Balaban J connectivity index is 2.24. The van der Waals surface area contributed by atoms with Gasteiger partial charge in [-0.3, -0.25) is 4.98 Å². The van der Waals surface area contributed by atoms with E-state index < -0.39 is 0 Å². The van der Waals surface area contributed by atoms with Gasteiger partial charge in [-0.2, -0.15) is 0 Å². The van der Waals surface area contributed by atoms with E-state index in [1.165, 1.54) is 4.88 Å². The smallest absolute Gasteiger partial charge is 0.163 e. The zero-order valence-corrected chi connectivity index (χ0v) is 11.9. The van der Waals surface area contributed by atoms with E-state index in [9.17, 15) is 0 Å². The lowest BCUT2D eigenvalue weighted by atomic mass is 10.2. The minimum atomic E-state index is 0.538. The number of pyridine rings is 1. The van der Waals surface area contributed by atoms with Gasteiger partial charge in [0.1, 0.15) is 10.6 Å². The van der Waals surface area contributed by atoms with Gasteiger partial charge in [-0.15, -0.1) is 11.3 Å². The van der Waals surface area contributed by atoms with Crippen LogP contribution in [0.2, 0.25) is 0 Å². The van der Waals surface area contributed by atoms with E-state index in [2.05, 4.69) is 15.0 Å². The highest BCUT2D eigenvalue weighted by Crippen LogP contribution is 2.29. The first kappa shape index (κ1) is 12.0. The Hall–Kier alpha value is -2.01. The molecule has 3 heterocycles. The summed E-state index contributed by atoms with van der Waals surface area (Å²) in [5.74, 6) is 1.21. The summed E-state index contributed by atoms with van der Waals surface area (Å²) in [6, 6.07) is 5.99. The van der Waals surface area contributed by atoms with Crippen LogP contribution in [0.1, 0.15) is 16.3 Å². The molecule has 0 aliphatic heterocycles. The molecule has 3 aromatic rings. The number of anilines is 1. The van der Waals surface area contributed by atoms with Crippen LogP contribution >= 0.6 is 11.3 Å². The van der Waals surface area contributed by atoms with Crippen molar-refractivity contribution in [3.05, 3.63) is 34.5 Å². The van der Waals surface area contributed by atoms with Crippen LogP contribution in [-0.4, -0.2) is 15.0 Å². The summed E-state index contributed by atoms with van der Waals surface area (Å²) in [5, 5.41) is 0.939. The van der Waals surface area contributed by atoms with Crippen LogP contribution in [0.15, 0.2) is 18.2 Å². The molecule has 0 saturated carbocycles. The molecule has 4 nitrogen and oxygen atoms in total. The van der Waals surface area contributed by atoms with Gasteiger partial charge in [0.25, 0.3) is 0 Å². The highest BCUT2D eigenvalue weighted by atomic mass is 32.1. The van der Waals surface area contributed by atoms with Gasteiger partial charge in [-0.25, -0.2) is 9.97 Å². The number of nitrogens with two attached hydrogens (primary N) is 1. The Morgan fingerprint density at radius 2 is 1.63 bits per heavy atom. The van der Waals surface area contributed by atoms with Gasteiger partial charge in [0.05, 0.1) is 5.39 Å². The first-order valence-corrected chi connectivity index (χ1v) is 6.84. The Morgan fingerprint density at radius 3 is 2.32 bits per heavy atom. The van der Waals surface area contributed by atoms with Gasteiger partial charge in [0, 0.05) is 21.8 Å². The third-order valence-corrected chi connectivity index (χ3v) is 3.83. The number of hydrogen-bond acceptors (Lipinski definition) is 5. The van der Waals surface area contributed by atoms with Crippen LogP contribution in [0.25, 0.3) is 21.6 Å². The largest absolute Gasteiger partial charge is 0.383 e. The van der Waals surface area contributed by atoms with E-state index in [1.807, 2.05) is 39.0 Å². The summed E-state index contributed by atoms with van der Waals surface area (Å²) in [6.07, 6.45) is 0. The molecule has 0 atom stereocenters. The number of hydrogen-bond donors (Lipinski definition) is 1. The standard InChI is InChI=1S/C14H14N4S/c1-7-4-10(5-8(2)16-7)13-17-12(15)11-6-9(3)19-14(11)18-13/h4-6H,1-3H3,(H2,15,17,18). The molecule has 0 fully saturated rings. The molecule has 0 aliphatic carbocycles. The van der Waals surface area contributed by atoms with E-state index in [1.54, 1.807) is 11.3 Å². The fourth-order valence-corrected chi connectivity index (χ4v) is 3.04. The zero-order chi connectivity index (χ0) is 13.6. The lowest BCUT2D eigenvalue weighted by Gasteiger charge is -2.04. The highest BCUT2D eigenvalue weighted by molar-refractivity contribution is 7.18. The average Bonchev–Trinajstić information content (AvgIpc) is 2.69. The Morgan fingerprint density at radius 1 is 0.947 bits per heavy atom. The molecule has 0 bridgehead atoms. The van der Waals surface area contributed by atoms with Gasteiger partial charge < -0.3 is 5.73 Å². The minimum absolute atomic E-state index is 0.538. The van der Waals surface area contributed by atoms with Crippen molar-refractivity contribution in [2.45, 2.75) is 20.8 Å². The molecule has 0 radical (unpaired) electrons. The maximum atomic E-state index is 6.02. The van der Waals surface area contributed by atoms with E-state index >= 15 is 0 Å². The molecule has 0 unspecified atom stereocenters. The predicted octanol–water partition coefficient (Wildman–Crippen LogP) is 3.26. The lowest BCUT2D eigenvalue weighted by Crippen LogP contribution is -1.97. The van der Waals surface area contributed by atoms with Gasteiger partial charge in [-0.05, 0) is 39.0 Å². The van der Waals surface area contributed by atoms with Crippen LogP contribution < -0.4 is 5.73 Å². The fourth-order valence-electron chi connectivity index (χ4n) is 2.16. The number of aryl methyl sites for hydroxylation is 3. The lowest BCUT2D eigenvalue weighted by molar-refractivity contribution is 1.11. The number of nitrogen functional groups attached to an aromatic ring is 1. The van der Waals surface area contributed by atoms with Crippen molar-refractivity contribution in [2.75, 3.05) is 5.73 Å². The second kappa shape index (κ2) is 4.28. The van der Waals surface area contributed by atoms with E-state index in [4.69, 9.17) is 5.73 Å². The van der Waals surface area contributed by atoms with Gasteiger partial charge >= 0.3 is 0 Å². The number of aromatic nitrogens is 3. The number of rotatable bonds is 1. The molecule has 0 aromatic carbocycles. The normalized spacial score (nSPS) is 11.1. The summed E-state index contributed by atoms with van der Waals surface area (Å²) in [4.78, 5) is 15.5. The molecule has 5 heteroatoms. The SMILES string of the molecule is Cc1cc(-c2nc(N)c3cc(C)sc3n2)cc(C)n1. The van der Waals surface area contributed by atoms with E-state index in [0.717, 1.165) is 27.2 Å². The molecular weight excluding hydrogens is 256 g/mol.